The molecule has 13 heteroatoms. The van der Waals surface area contributed by atoms with Crippen LogP contribution in [0.3, 0.4) is 0 Å². The number of hydrogen-bond donors (Lipinski definition) is 2. The van der Waals surface area contributed by atoms with Crippen LogP contribution in [0, 0.1) is 0 Å². The number of aromatic nitrogens is 2. The Morgan fingerprint density at radius 3 is 2.68 bits per heavy atom. The largest absolute Gasteiger partial charge is 0.339 e. The van der Waals surface area contributed by atoms with Gasteiger partial charge in [-0.3, -0.25) is 8.43 Å². The number of piperazine rings is 1. The molecular weight excluding hydrogens is 650 g/mol. The minimum absolute atomic E-state index is 0.173. The molecule has 0 atom stereocenters. The smallest absolute Gasteiger partial charge is 0.334 e. The Morgan fingerprint density at radius 1 is 1.23 bits per heavy atom. The highest BCUT2D eigenvalue weighted by Crippen LogP contribution is 2.32. The van der Waals surface area contributed by atoms with E-state index in [4.69, 9.17) is 11.6 Å². The second-order valence-corrected chi connectivity index (χ2v) is 9.37. The molecule has 31 heavy (non-hydrogen) atoms. The van der Waals surface area contributed by atoms with Crippen LogP contribution in [0.2, 0.25) is 5.02 Å². The van der Waals surface area contributed by atoms with Crippen molar-refractivity contribution in [1.82, 2.24) is 21.5 Å². The Bertz CT molecular complexity index is 1020. The fourth-order valence-electron chi connectivity index (χ4n) is 3.47. The molecule has 0 saturated carbocycles. The van der Waals surface area contributed by atoms with Crippen molar-refractivity contribution in [3.8, 4) is 0 Å². The number of nitrogens with one attached hydrogen (secondary N) is 2. The van der Waals surface area contributed by atoms with Crippen molar-refractivity contribution in [3.63, 3.8) is 0 Å². The lowest BCUT2D eigenvalue weighted by Crippen LogP contribution is -2.49. The molecule has 1 aromatic carbocycles. The summed E-state index contributed by atoms with van der Waals surface area (Å²) in [5.41, 5.74) is 2.33. The predicted molar refractivity (Wildman–Crippen MR) is 136 cm³/mol. The Kier molecular flexibility index (Phi) is 6.88. The number of imide groups is 1. The molecule has 2 aromatic rings. The lowest BCUT2D eigenvalue weighted by Gasteiger charge is -2.33. The van der Waals surface area contributed by atoms with E-state index >= 15 is 0 Å². The lowest BCUT2D eigenvalue weighted by molar-refractivity contribution is 0.191. The summed E-state index contributed by atoms with van der Waals surface area (Å²) < 4.78 is 4.71. The van der Waals surface area contributed by atoms with E-state index < -0.39 is 6.03 Å². The summed E-state index contributed by atoms with van der Waals surface area (Å²) in [6.07, 6.45) is 1.60. The van der Waals surface area contributed by atoms with Gasteiger partial charge in [-0.25, -0.2) is 22.6 Å². The number of halogens is 3. The summed E-state index contributed by atoms with van der Waals surface area (Å²) in [5, 5.41) is 3.66. The molecule has 1 fully saturated rings. The molecule has 2 aliphatic heterocycles. The number of urea groups is 2. The molecule has 0 bridgehead atoms. The van der Waals surface area contributed by atoms with Crippen molar-refractivity contribution in [2.75, 3.05) is 48.3 Å². The fraction of sp³-hybridized carbons (Fsp3) is 0.333. The zero-order valence-corrected chi connectivity index (χ0v) is 21.5. The predicted octanol–water partition coefficient (Wildman–Crippen LogP) is 3.78. The molecule has 0 aliphatic carbocycles. The number of anilines is 4. The minimum Gasteiger partial charge on any atom is -0.339 e. The minimum atomic E-state index is -0.462. The van der Waals surface area contributed by atoms with E-state index in [0.29, 0.717) is 16.8 Å². The van der Waals surface area contributed by atoms with E-state index in [0.717, 1.165) is 48.0 Å². The summed E-state index contributed by atoms with van der Waals surface area (Å²) in [6, 6.07) is 4.74. The van der Waals surface area contributed by atoms with Crippen LogP contribution in [0.1, 0.15) is 5.56 Å². The Balaban J connectivity index is 1.57. The van der Waals surface area contributed by atoms with Crippen LogP contribution >= 0.6 is 57.3 Å². The molecule has 10 nitrogen and oxygen atoms in total. The summed E-state index contributed by atoms with van der Waals surface area (Å²) in [5.74, 6) is 1.13. The first-order valence-electron chi connectivity index (χ1n) is 9.41. The number of rotatable bonds is 3. The van der Waals surface area contributed by atoms with Gasteiger partial charge in [-0.05, 0) is 23.8 Å². The third-order valence-electron chi connectivity index (χ3n) is 5.12. The molecule has 164 valence electrons. The fourth-order valence-corrected chi connectivity index (χ4v) is 4.33. The van der Waals surface area contributed by atoms with Crippen molar-refractivity contribution < 1.29 is 9.59 Å². The van der Waals surface area contributed by atoms with Crippen molar-refractivity contribution in [2.24, 2.45) is 0 Å². The van der Waals surface area contributed by atoms with E-state index in [9.17, 15) is 9.59 Å². The average Bonchev–Trinajstić information content (AvgIpc) is 2.77. The molecular formula is C18H19ClI2N8O2. The van der Waals surface area contributed by atoms with E-state index in [-0.39, 0.29) is 12.6 Å². The Morgan fingerprint density at radius 2 is 1.97 bits per heavy atom. The van der Waals surface area contributed by atoms with Gasteiger partial charge in [0.25, 0.3) is 0 Å². The van der Waals surface area contributed by atoms with Gasteiger partial charge in [0.1, 0.15) is 5.02 Å². The number of hydrogen-bond acceptors (Lipinski definition) is 7. The summed E-state index contributed by atoms with van der Waals surface area (Å²) in [6.45, 7) is 3.74. The molecule has 3 heterocycles. The van der Waals surface area contributed by atoms with Gasteiger partial charge < -0.3 is 10.2 Å². The molecule has 0 spiro atoms. The molecule has 1 saturated heterocycles. The number of benzene rings is 1. The second kappa shape index (κ2) is 9.46. The maximum absolute atomic E-state index is 12.4. The third-order valence-corrected chi connectivity index (χ3v) is 6.82. The maximum atomic E-state index is 12.4. The average molecular weight is 669 g/mol. The number of amides is 4. The van der Waals surface area contributed by atoms with Crippen molar-refractivity contribution in [2.45, 2.75) is 6.54 Å². The molecule has 4 amide bonds. The van der Waals surface area contributed by atoms with Gasteiger partial charge in [0, 0.05) is 61.8 Å². The van der Waals surface area contributed by atoms with Crippen LogP contribution in [0.5, 0.6) is 0 Å². The van der Waals surface area contributed by atoms with Gasteiger partial charge in [0.05, 0.1) is 41.3 Å². The standard InChI is InChI=1S/C18H19ClI2N8O2/c1-26-14-3-2-12(8-11(14)10-29(18(26)31)17(30)25-20)23-15-13(19)9-22-16(24-15)27-4-6-28(21)7-5-27/h2-3,8-9H,4-7,10H2,1H3,(H,25,30)(H,22,23,24). The number of carbonyl (C=O) groups is 2. The van der Waals surface area contributed by atoms with Crippen LogP contribution in [-0.2, 0) is 6.54 Å². The quantitative estimate of drug-likeness (QED) is 0.380. The van der Waals surface area contributed by atoms with Crippen LogP contribution in [0.15, 0.2) is 24.4 Å². The molecule has 2 N–H and O–H groups in total. The van der Waals surface area contributed by atoms with Gasteiger partial charge in [-0.1, -0.05) is 11.6 Å². The first-order chi connectivity index (χ1) is 14.9. The number of nitrogens with zero attached hydrogens (tertiary/aromatic N) is 6. The van der Waals surface area contributed by atoms with E-state index in [1.807, 2.05) is 18.2 Å². The Labute approximate surface area is 212 Å². The molecule has 4 rings (SSSR count). The summed E-state index contributed by atoms with van der Waals surface area (Å²) in [7, 11) is 1.64. The van der Waals surface area contributed by atoms with Crippen LogP contribution in [0.25, 0.3) is 0 Å². The maximum Gasteiger partial charge on any atom is 0.334 e. The highest BCUT2D eigenvalue weighted by molar-refractivity contribution is 14.1. The molecule has 0 unspecified atom stereocenters. The van der Waals surface area contributed by atoms with Gasteiger partial charge in [-0.2, -0.15) is 4.98 Å². The SMILES string of the molecule is CN1C(=O)N(C(=O)NI)Cc2cc(Nc3nc(N4CCN(I)CC4)ncc3Cl)ccc21. The Hall–Kier alpha value is -1.65. The zero-order chi connectivity index (χ0) is 22.1. The first kappa shape index (κ1) is 22.5. The van der Waals surface area contributed by atoms with Gasteiger partial charge in [0.2, 0.25) is 5.95 Å². The van der Waals surface area contributed by atoms with Crippen molar-refractivity contribution in [1.29, 1.82) is 0 Å². The summed E-state index contributed by atoms with van der Waals surface area (Å²) in [4.78, 5) is 38.3. The molecule has 1 aromatic heterocycles. The van der Waals surface area contributed by atoms with Crippen molar-refractivity contribution in [3.05, 3.63) is 35.0 Å². The third kappa shape index (κ3) is 4.75. The number of carbonyl (C=O) groups excluding carboxylic acids is 2. The molecule has 2 aliphatic rings. The zero-order valence-electron chi connectivity index (χ0n) is 16.5. The van der Waals surface area contributed by atoms with E-state index in [2.05, 4.69) is 49.7 Å². The highest BCUT2D eigenvalue weighted by Gasteiger charge is 2.32. The number of fused-ring (bicyclic) bond motifs is 1. The van der Waals surface area contributed by atoms with E-state index in [1.165, 1.54) is 4.90 Å². The monoisotopic (exact) mass is 668 g/mol. The second-order valence-electron chi connectivity index (χ2n) is 7.06. The summed E-state index contributed by atoms with van der Waals surface area (Å²) >= 11 is 10.4. The van der Waals surface area contributed by atoms with Gasteiger partial charge >= 0.3 is 12.1 Å². The lowest BCUT2D eigenvalue weighted by atomic mass is 10.1. The van der Waals surface area contributed by atoms with E-state index in [1.54, 1.807) is 36.1 Å². The normalized spacial score (nSPS) is 16.9. The van der Waals surface area contributed by atoms with Crippen LogP contribution < -0.4 is 18.6 Å². The first-order valence-corrected chi connectivity index (χ1v) is 11.8. The topological polar surface area (TPSA) is 96.9 Å². The van der Waals surface area contributed by atoms with Gasteiger partial charge in [0.15, 0.2) is 5.82 Å². The van der Waals surface area contributed by atoms with Crippen LogP contribution in [-0.4, -0.2) is 63.3 Å². The highest BCUT2D eigenvalue weighted by atomic mass is 127. The van der Waals surface area contributed by atoms with Gasteiger partial charge in [-0.15, -0.1) is 0 Å². The molecule has 0 radical (unpaired) electrons. The van der Waals surface area contributed by atoms with Crippen LogP contribution in [0.4, 0.5) is 32.7 Å². The van der Waals surface area contributed by atoms with Crippen molar-refractivity contribution >= 4 is 92.5 Å².